The van der Waals surface area contributed by atoms with E-state index in [4.69, 9.17) is 13.9 Å². The maximum atomic E-state index is 13.0. The molecule has 0 bridgehead atoms. The molecule has 1 saturated heterocycles. The van der Waals surface area contributed by atoms with Crippen molar-refractivity contribution in [3.8, 4) is 0 Å². The monoisotopic (exact) mass is 510 g/mol. The van der Waals surface area contributed by atoms with Crippen LogP contribution in [0.4, 0.5) is 0 Å². The summed E-state index contributed by atoms with van der Waals surface area (Å²) in [6, 6.07) is 6.14. The summed E-state index contributed by atoms with van der Waals surface area (Å²) in [7, 11) is 0. The number of carbonyl (C=O) groups excluding carboxylic acids is 2. The summed E-state index contributed by atoms with van der Waals surface area (Å²) >= 11 is 0. The highest BCUT2D eigenvalue weighted by atomic mass is 16.6. The van der Waals surface area contributed by atoms with Gasteiger partial charge in [0.1, 0.15) is 18.0 Å². The van der Waals surface area contributed by atoms with Crippen molar-refractivity contribution in [3.05, 3.63) is 46.7 Å². The van der Waals surface area contributed by atoms with Crippen LogP contribution in [0.3, 0.4) is 0 Å². The van der Waals surface area contributed by atoms with E-state index in [1.54, 1.807) is 0 Å². The van der Waals surface area contributed by atoms with Gasteiger partial charge in [0.2, 0.25) is 0 Å². The van der Waals surface area contributed by atoms with E-state index in [2.05, 4.69) is 40.7 Å². The SMILES string of the molecule is Cc1ccc2oc3c(c2c1)CC[C@H](C(=O)OC[C@]1(CO)C/C(=C\CC(CC(C)C)CC(C)C)C(=O)O1)C3. The lowest BCUT2D eigenvalue weighted by molar-refractivity contribution is -0.169. The molecule has 1 aromatic heterocycles. The standard InChI is InChI=1S/C31H42O6/c1-19(2)12-22(13-20(3)4)7-8-24-16-31(17-32,37-30(24)34)18-35-29(33)23-9-10-25-26-14-21(5)6-11-27(26)36-28(25)15-23/h6,8,11,14,19-20,22-23,32H,7,9-10,12-13,15-18H2,1-5H3/b24-8+/t23-,31+/m0/s1. The van der Waals surface area contributed by atoms with E-state index >= 15 is 0 Å². The fourth-order valence-corrected chi connectivity index (χ4v) is 5.94. The van der Waals surface area contributed by atoms with Gasteiger partial charge in [-0.05, 0) is 68.9 Å². The van der Waals surface area contributed by atoms with Crippen LogP contribution in [0, 0.1) is 30.6 Å². The number of aliphatic hydroxyl groups excluding tert-OH is 1. The van der Waals surface area contributed by atoms with Crippen LogP contribution >= 0.6 is 0 Å². The first-order valence-electron chi connectivity index (χ1n) is 13.8. The Morgan fingerprint density at radius 1 is 1.22 bits per heavy atom. The van der Waals surface area contributed by atoms with Gasteiger partial charge >= 0.3 is 11.9 Å². The van der Waals surface area contributed by atoms with Crippen molar-refractivity contribution in [1.29, 1.82) is 0 Å². The fraction of sp³-hybridized carbons (Fsp3) is 0.613. The zero-order chi connectivity index (χ0) is 26.7. The maximum absolute atomic E-state index is 13.0. The van der Waals surface area contributed by atoms with Crippen LogP contribution < -0.4 is 0 Å². The molecule has 0 radical (unpaired) electrons. The third-order valence-electron chi connectivity index (χ3n) is 7.69. The molecule has 2 heterocycles. The Balaban J connectivity index is 1.36. The number of esters is 2. The van der Waals surface area contributed by atoms with Crippen molar-refractivity contribution in [2.75, 3.05) is 13.2 Å². The maximum Gasteiger partial charge on any atom is 0.334 e. The van der Waals surface area contributed by atoms with Crippen molar-refractivity contribution in [3.63, 3.8) is 0 Å². The number of hydrogen-bond donors (Lipinski definition) is 1. The number of cyclic esters (lactones) is 1. The van der Waals surface area contributed by atoms with Crippen molar-refractivity contribution >= 4 is 22.9 Å². The molecule has 6 heteroatoms. The summed E-state index contributed by atoms with van der Waals surface area (Å²) in [5.41, 5.74) is 2.58. The molecule has 1 aliphatic carbocycles. The molecule has 1 aliphatic heterocycles. The van der Waals surface area contributed by atoms with Crippen LogP contribution in [-0.4, -0.2) is 35.9 Å². The van der Waals surface area contributed by atoms with Crippen LogP contribution in [0.15, 0.2) is 34.3 Å². The highest BCUT2D eigenvalue weighted by Gasteiger charge is 2.45. The van der Waals surface area contributed by atoms with Gasteiger partial charge in [-0.2, -0.15) is 0 Å². The molecule has 2 aromatic rings. The Kier molecular flexibility index (Phi) is 8.47. The minimum Gasteiger partial charge on any atom is -0.461 e. The van der Waals surface area contributed by atoms with Crippen LogP contribution in [0.2, 0.25) is 0 Å². The third-order valence-corrected chi connectivity index (χ3v) is 7.69. The minimum atomic E-state index is -1.21. The van der Waals surface area contributed by atoms with Gasteiger partial charge in [0.15, 0.2) is 5.60 Å². The fourth-order valence-electron chi connectivity index (χ4n) is 5.94. The van der Waals surface area contributed by atoms with Gasteiger partial charge in [-0.1, -0.05) is 45.4 Å². The van der Waals surface area contributed by atoms with E-state index in [9.17, 15) is 14.7 Å². The topological polar surface area (TPSA) is 86.0 Å². The molecule has 0 unspecified atom stereocenters. The summed E-state index contributed by atoms with van der Waals surface area (Å²) in [4.78, 5) is 25.6. The molecular formula is C31H42O6. The average molecular weight is 511 g/mol. The number of carbonyl (C=O) groups is 2. The predicted molar refractivity (Wildman–Crippen MR) is 143 cm³/mol. The molecule has 0 saturated carbocycles. The first-order chi connectivity index (χ1) is 17.6. The summed E-state index contributed by atoms with van der Waals surface area (Å²) < 4.78 is 17.3. The number of aryl methyl sites for hydroxylation is 2. The molecule has 202 valence electrons. The molecule has 6 nitrogen and oxygen atoms in total. The Morgan fingerprint density at radius 3 is 2.62 bits per heavy atom. The zero-order valence-electron chi connectivity index (χ0n) is 23.0. The predicted octanol–water partition coefficient (Wildman–Crippen LogP) is 6.09. The first kappa shape index (κ1) is 27.4. The van der Waals surface area contributed by atoms with Gasteiger partial charge < -0.3 is 19.0 Å². The Hall–Kier alpha value is -2.60. The molecule has 4 rings (SSSR count). The van der Waals surface area contributed by atoms with Crippen LogP contribution in [-0.2, 0) is 31.9 Å². The largest absolute Gasteiger partial charge is 0.461 e. The lowest BCUT2D eigenvalue weighted by Crippen LogP contribution is -2.40. The Morgan fingerprint density at radius 2 is 1.95 bits per heavy atom. The zero-order valence-corrected chi connectivity index (χ0v) is 23.0. The number of benzene rings is 1. The quantitative estimate of drug-likeness (QED) is 0.307. The molecule has 2 atom stereocenters. The number of allylic oxidation sites excluding steroid dienone is 1. The Bertz CT molecular complexity index is 1150. The van der Waals surface area contributed by atoms with E-state index in [-0.39, 0.29) is 31.5 Å². The average Bonchev–Trinajstić information content (AvgIpc) is 3.37. The van der Waals surface area contributed by atoms with Crippen LogP contribution in [0.5, 0.6) is 0 Å². The van der Waals surface area contributed by atoms with Crippen LogP contribution in [0.1, 0.15) is 76.7 Å². The Labute approximate surface area is 220 Å². The summed E-state index contributed by atoms with van der Waals surface area (Å²) in [5.74, 6) is 1.46. The highest BCUT2D eigenvalue weighted by molar-refractivity contribution is 5.91. The second-order valence-electron chi connectivity index (χ2n) is 12.0. The number of ether oxygens (including phenoxy) is 2. The summed E-state index contributed by atoms with van der Waals surface area (Å²) in [5, 5.41) is 11.2. The molecule has 2 aliphatic rings. The van der Waals surface area contributed by atoms with E-state index in [0.29, 0.717) is 36.2 Å². The number of hydrogen-bond acceptors (Lipinski definition) is 6. The van der Waals surface area contributed by atoms with Crippen molar-refractivity contribution in [2.45, 2.75) is 85.2 Å². The molecule has 1 N–H and O–H groups in total. The molecule has 0 spiro atoms. The third kappa shape index (κ3) is 6.46. The van der Waals surface area contributed by atoms with Crippen molar-refractivity contribution in [1.82, 2.24) is 0 Å². The number of aliphatic hydroxyl groups is 1. The summed E-state index contributed by atoms with van der Waals surface area (Å²) in [6.07, 6.45) is 7.18. The smallest absolute Gasteiger partial charge is 0.334 e. The van der Waals surface area contributed by atoms with Gasteiger partial charge in [-0.3, -0.25) is 4.79 Å². The molecule has 1 aromatic carbocycles. The molecule has 37 heavy (non-hydrogen) atoms. The normalized spacial score (nSPS) is 22.9. The van der Waals surface area contributed by atoms with Crippen molar-refractivity contribution in [2.24, 2.45) is 23.7 Å². The lowest BCUT2D eigenvalue weighted by Gasteiger charge is -2.26. The highest BCUT2D eigenvalue weighted by Crippen LogP contribution is 2.36. The summed E-state index contributed by atoms with van der Waals surface area (Å²) in [6.45, 7) is 10.4. The van der Waals surface area contributed by atoms with E-state index < -0.39 is 11.6 Å². The van der Waals surface area contributed by atoms with Crippen LogP contribution in [0.25, 0.3) is 11.0 Å². The number of rotatable bonds is 10. The second kappa shape index (κ2) is 11.4. The van der Waals surface area contributed by atoms with E-state index in [1.807, 2.05) is 18.2 Å². The van der Waals surface area contributed by atoms with Gasteiger partial charge in [-0.25, -0.2) is 4.79 Å². The first-order valence-corrected chi connectivity index (χ1v) is 13.8. The second-order valence-corrected chi connectivity index (χ2v) is 12.0. The van der Waals surface area contributed by atoms with E-state index in [0.717, 1.165) is 42.4 Å². The van der Waals surface area contributed by atoms with Gasteiger partial charge in [-0.15, -0.1) is 0 Å². The lowest BCUT2D eigenvalue weighted by atomic mass is 9.86. The number of furan rings is 1. The van der Waals surface area contributed by atoms with Gasteiger partial charge in [0, 0.05) is 29.4 Å². The minimum absolute atomic E-state index is 0.143. The van der Waals surface area contributed by atoms with Gasteiger partial charge in [0.25, 0.3) is 0 Å². The van der Waals surface area contributed by atoms with Gasteiger partial charge in [0.05, 0.1) is 12.5 Å². The molecular weight excluding hydrogens is 468 g/mol. The van der Waals surface area contributed by atoms with Crippen molar-refractivity contribution < 1.29 is 28.6 Å². The van der Waals surface area contributed by atoms with E-state index in [1.165, 1.54) is 11.1 Å². The number of fused-ring (bicyclic) bond motifs is 3. The molecule has 0 amide bonds. The molecule has 1 fully saturated rings.